The van der Waals surface area contributed by atoms with E-state index in [1.54, 1.807) is 0 Å². The average Bonchev–Trinajstić information content (AvgIpc) is 3.08. The first-order chi connectivity index (χ1) is 10.3. The summed E-state index contributed by atoms with van der Waals surface area (Å²) in [6.45, 7) is 0. The molecule has 1 N–H and O–H groups in total. The van der Waals surface area contributed by atoms with E-state index in [2.05, 4.69) is 17.1 Å². The number of rotatable bonds is 6. The van der Waals surface area contributed by atoms with Crippen LogP contribution >= 0.6 is 0 Å². The van der Waals surface area contributed by atoms with E-state index < -0.39 is 5.97 Å². The minimum absolute atomic E-state index is 0.235. The van der Waals surface area contributed by atoms with Gasteiger partial charge in [-0.1, -0.05) is 18.2 Å². The van der Waals surface area contributed by atoms with E-state index in [1.165, 1.54) is 24.8 Å². The number of carboxylic acids is 1. The molecule has 2 aliphatic carbocycles. The molecule has 21 heavy (non-hydrogen) atoms. The normalized spacial score (nSPS) is 31.0. The summed E-state index contributed by atoms with van der Waals surface area (Å²) in [4.78, 5) is 14.8. The van der Waals surface area contributed by atoms with Crippen molar-refractivity contribution in [3.8, 4) is 0 Å². The van der Waals surface area contributed by atoms with Gasteiger partial charge in [-0.05, 0) is 67.4 Å². The van der Waals surface area contributed by atoms with Crippen molar-refractivity contribution in [2.24, 2.45) is 17.8 Å². The van der Waals surface area contributed by atoms with Gasteiger partial charge in [-0.2, -0.15) is 0 Å². The number of hydrogen-bond acceptors (Lipinski definition) is 2. The lowest BCUT2D eigenvalue weighted by Gasteiger charge is -2.30. The molecule has 0 aliphatic heterocycles. The monoisotopic (exact) mass is 285 g/mol. The number of hydrogen-bond donors (Lipinski definition) is 1. The average molecular weight is 285 g/mol. The van der Waals surface area contributed by atoms with Gasteiger partial charge >= 0.3 is 5.97 Å². The van der Waals surface area contributed by atoms with Crippen molar-refractivity contribution in [1.29, 1.82) is 0 Å². The predicted molar refractivity (Wildman–Crippen MR) is 81.9 cm³/mol. The molecule has 0 aromatic carbocycles. The van der Waals surface area contributed by atoms with Gasteiger partial charge in [0.15, 0.2) is 0 Å². The fraction of sp³-hybridized carbons (Fsp3) is 0.556. The van der Waals surface area contributed by atoms with Crippen molar-refractivity contribution in [1.82, 2.24) is 4.98 Å². The zero-order valence-electron chi connectivity index (χ0n) is 12.3. The van der Waals surface area contributed by atoms with Crippen LogP contribution in [0.1, 0.15) is 50.0 Å². The molecular formula is C18H23NO2. The van der Waals surface area contributed by atoms with E-state index in [0.29, 0.717) is 18.3 Å². The summed E-state index contributed by atoms with van der Waals surface area (Å²) in [5, 5.41) is 8.66. The highest BCUT2D eigenvalue weighted by Crippen LogP contribution is 2.57. The summed E-state index contributed by atoms with van der Waals surface area (Å²) in [5.41, 5.74) is 1.40. The van der Waals surface area contributed by atoms with E-state index in [9.17, 15) is 4.79 Å². The van der Waals surface area contributed by atoms with Crippen molar-refractivity contribution in [2.75, 3.05) is 0 Å². The second-order valence-electron chi connectivity index (χ2n) is 6.45. The Kier molecular flexibility index (Phi) is 4.37. The van der Waals surface area contributed by atoms with Crippen molar-refractivity contribution in [3.63, 3.8) is 0 Å². The van der Waals surface area contributed by atoms with Crippen LogP contribution in [-0.2, 0) is 4.79 Å². The molecule has 0 spiro atoms. The number of carbonyl (C=O) groups is 1. The van der Waals surface area contributed by atoms with Crippen LogP contribution in [0, 0.1) is 17.8 Å². The van der Waals surface area contributed by atoms with Crippen LogP contribution in [0.3, 0.4) is 0 Å². The van der Waals surface area contributed by atoms with Crippen LogP contribution in [0.4, 0.5) is 0 Å². The van der Waals surface area contributed by atoms with E-state index in [-0.39, 0.29) is 6.42 Å². The molecular weight excluding hydrogens is 262 g/mol. The van der Waals surface area contributed by atoms with Gasteiger partial charge in [-0.25, -0.2) is 0 Å². The van der Waals surface area contributed by atoms with Crippen LogP contribution in [0.25, 0.3) is 0 Å². The highest BCUT2D eigenvalue weighted by Gasteiger charge is 2.47. The van der Waals surface area contributed by atoms with E-state index >= 15 is 0 Å². The molecule has 1 heterocycles. The number of pyridine rings is 1. The third kappa shape index (κ3) is 3.17. The first-order valence-electron chi connectivity index (χ1n) is 8.02. The maximum absolute atomic E-state index is 10.5. The largest absolute Gasteiger partial charge is 0.481 e. The minimum Gasteiger partial charge on any atom is -0.481 e. The Morgan fingerprint density at radius 1 is 1.33 bits per heavy atom. The quantitative estimate of drug-likeness (QED) is 0.803. The van der Waals surface area contributed by atoms with Crippen LogP contribution in [0.5, 0.6) is 0 Å². The first-order valence-corrected chi connectivity index (χ1v) is 8.02. The second-order valence-corrected chi connectivity index (χ2v) is 6.45. The SMILES string of the molecule is O=C(O)CC/C=C\C[C@@H]1[C@H]2CC[C@H](C2)[C@@H]1c1cccnc1. The third-order valence-corrected chi connectivity index (χ3v) is 5.26. The van der Waals surface area contributed by atoms with Crippen LogP contribution in [0.2, 0.25) is 0 Å². The molecule has 2 bridgehead atoms. The summed E-state index contributed by atoms with van der Waals surface area (Å²) in [7, 11) is 0. The maximum Gasteiger partial charge on any atom is 0.303 e. The molecule has 112 valence electrons. The lowest BCUT2D eigenvalue weighted by molar-refractivity contribution is -0.136. The van der Waals surface area contributed by atoms with Crippen LogP contribution in [0.15, 0.2) is 36.7 Å². The van der Waals surface area contributed by atoms with Gasteiger partial charge in [0.2, 0.25) is 0 Å². The molecule has 0 amide bonds. The highest BCUT2D eigenvalue weighted by atomic mass is 16.4. The Labute approximate surface area is 126 Å². The Hall–Kier alpha value is -1.64. The Balaban J connectivity index is 1.64. The fourth-order valence-electron chi connectivity index (χ4n) is 4.42. The highest BCUT2D eigenvalue weighted by molar-refractivity contribution is 5.66. The molecule has 1 aromatic heterocycles. The Morgan fingerprint density at radius 3 is 2.95 bits per heavy atom. The number of allylic oxidation sites excluding steroid dienone is 2. The minimum atomic E-state index is -0.715. The van der Waals surface area contributed by atoms with Gasteiger partial charge in [0.1, 0.15) is 0 Å². The van der Waals surface area contributed by atoms with Gasteiger partial charge in [0.25, 0.3) is 0 Å². The maximum atomic E-state index is 10.5. The summed E-state index contributed by atoms with van der Waals surface area (Å²) in [6.07, 6.45) is 14.2. The van der Waals surface area contributed by atoms with Gasteiger partial charge < -0.3 is 5.11 Å². The number of carboxylic acid groups (broad SMARTS) is 1. The summed E-state index contributed by atoms with van der Waals surface area (Å²) >= 11 is 0. The topological polar surface area (TPSA) is 50.2 Å². The van der Waals surface area contributed by atoms with Gasteiger partial charge in [-0.15, -0.1) is 0 Å². The van der Waals surface area contributed by atoms with Crippen LogP contribution in [-0.4, -0.2) is 16.1 Å². The molecule has 2 saturated carbocycles. The van der Waals surface area contributed by atoms with Crippen molar-refractivity contribution >= 4 is 5.97 Å². The summed E-state index contributed by atoms with van der Waals surface area (Å²) < 4.78 is 0. The van der Waals surface area contributed by atoms with Crippen LogP contribution < -0.4 is 0 Å². The standard InChI is InChI=1S/C18H23NO2/c20-17(21)7-3-1-2-6-16-13-8-9-14(11-13)18(16)15-5-4-10-19-12-15/h1-2,4-5,10,12-14,16,18H,3,6-9,11H2,(H,20,21)/b2-1-/t13-,14+,16+,18+/m0/s1. The van der Waals surface area contributed by atoms with E-state index in [1.807, 2.05) is 24.5 Å². The zero-order valence-corrected chi connectivity index (χ0v) is 12.3. The first kappa shape index (κ1) is 14.3. The summed E-state index contributed by atoms with van der Waals surface area (Å²) in [5.74, 6) is 2.34. The van der Waals surface area contributed by atoms with Gasteiger partial charge in [0.05, 0.1) is 0 Å². The molecule has 0 saturated heterocycles. The molecule has 3 heteroatoms. The van der Waals surface area contributed by atoms with Crippen molar-refractivity contribution < 1.29 is 9.90 Å². The van der Waals surface area contributed by atoms with Crippen molar-refractivity contribution in [2.45, 2.75) is 44.4 Å². The second kappa shape index (κ2) is 6.42. The predicted octanol–water partition coefficient (Wildman–Crippen LogP) is 4.02. The smallest absolute Gasteiger partial charge is 0.303 e. The lowest BCUT2D eigenvalue weighted by atomic mass is 9.74. The summed E-state index contributed by atoms with van der Waals surface area (Å²) in [6, 6.07) is 4.26. The number of aromatic nitrogens is 1. The molecule has 3 nitrogen and oxygen atoms in total. The zero-order chi connectivity index (χ0) is 14.7. The van der Waals surface area contributed by atoms with Gasteiger partial charge in [-0.3, -0.25) is 9.78 Å². The molecule has 2 fully saturated rings. The van der Waals surface area contributed by atoms with E-state index in [4.69, 9.17) is 5.11 Å². The molecule has 2 aliphatic rings. The third-order valence-electron chi connectivity index (χ3n) is 5.26. The molecule has 0 radical (unpaired) electrons. The van der Waals surface area contributed by atoms with Crippen molar-refractivity contribution in [3.05, 3.63) is 42.2 Å². The molecule has 4 atom stereocenters. The Morgan fingerprint density at radius 2 is 2.19 bits per heavy atom. The lowest BCUT2D eigenvalue weighted by Crippen LogP contribution is -2.20. The van der Waals surface area contributed by atoms with E-state index in [0.717, 1.165) is 18.3 Å². The molecule has 3 rings (SSSR count). The number of fused-ring (bicyclic) bond motifs is 2. The molecule has 1 aromatic rings. The fourth-order valence-corrected chi connectivity index (χ4v) is 4.42. The Bertz CT molecular complexity index is 511. The number of nitrogens with zero attached hydrogens (tertiary/aromatic N) is 1. The molecule has 0 unspecified atom stereocenters. The number of aliphatic carboxylic acids is 1. The van der Waals surface area contributed by atoms with Gasteiger partial charge in [0, 0.05) is 18.8 Å².